The first kappa shape index (κ1) is 35.7. The highest BCUT2D eigenvalue weighted by Crippen LogP contribution is 2.40. The summed E-state index contributed by atoms with van der Waals surface area (Å²) in [5.74, 6) is -0.0102. The molecule has 3 aliphatic heterocycles. The summed E-state index contributed by atoms with van der Waals surface area (Å²) in [6.45, 7) is 4.51. The molecule has 50 heavy (non-hydrogen) atoms. The first-order valence-electron chi connectivity index (χ1n) is 17.0. The number of alkyl halides is 3. The summed E-state index contributed by atoms with van der Waals surface area (Å²) < 4.78 is 49.2. The maximum atomic E-state index is 14.0. The number of hydrogen-bond acceptors (Lipinski definition) is 8. The lowest BCUT2D eigenvalue weighted by molar-refractivity contribution is -0.143. The Bertz CT molecular complexity index is 1700. The van der Waals surface area contributed by atoms with E-state index in [-0.39, 0.29) is 47.5 Å². The van der Waals surface area contributed by atoms with Crippen LogP contribution in [0.15, 0.2) is 47.3 Å². The van der Waals surface area contributed by atoms with Gasteiger partial charge in [-0.05, 0) is 56.5 Å². The normalized spacial score (nSPS) is 19.0. The van der Waals surface area contributed by atoms with Crippen molar-refractivity contribution in [2.24, 2.45) is 0 Å². The molecule has 3 aliphatic rings. The van der Waals surface area contributed by atoms with Gasteiger partial charge in [-0.1, -0.05) is 41.9 Å². The molecule has 2 amide bonds. The van der Waals surface area contributed by atoms with E-state index in [1.807, 2.05) is 30.3 Å². The summed E-state index contributed by atoms with van der Waals surface area (Å²) in [4.78, 5) is 48.5. The molecule has 0 unspecified atom stereocenters. The molecule has 0 bridgehead atoms. The standard InChI is InChI=1S/C34H42ClF3N8O4/c1-39-29-26(34(36,37)38)19-22(20-27(29)35)21-28(31(47)44-17-15-43(16-18-44)24-7-11-40-12-8-24)50-33(49)45-13-9-25(10-14-45)46-32(48)41-30(42-46)23-5-3-2-4-6-23/h2-6,19-20,24-25,28,39-40H,7-18,21H2,1H3,(H,41,42,48)/t28-/m1/s1. The van der Waals surface area contributed by atoms with Crippen LogP contribution in [0, 0.1) is 0 Å². The van der Waals surface area contributed by atoms with Crippen molar-refractivity contribution in [1.29, 1.82) is 0 Å². The highest BCUT2D eigenvalue weighted by molar-refractivity contribution is 6.33. The number of likely N-dealkylation sites (tertiary alicyclic amines) is 1. The van der Waals surface area contributed by atoms with Crippen LogP contribution in [-0.4, -0.2) is 113 Å². The van der Waals surface area contributed by atoms with E-state index >= 15 is 0 Å². The minimum Gasteiger partial charge on any atom is -0.436 e. The number of piperazine rings is 1. The van der Waals surface area contributed by atoms with E-state index < -0.39 is 29.8 Å². The maximum absolute atomic E-state index is 14.0. The van der Waals surface area contributed by atoms with Crippen molar-refractivity contribution >= 4 is 29.3 Å². The summed E-state index contributed by atoms with van der Waals surface area (Å²) in [6, 6.07) is 11.7. The van der Waals surface area contributed by atoms with Gasteiger partial charge in [0.25, 0.3) is 5.91 Å². The Labute approximate surface area is 292 Å². The number of amides is 2. The molecule has 270 valence electrons. The second-order valence-electron chi connectivity index (χ2n) is 13.0. The molecule has 3 N–H and O–H groups in total. The number of rotatable bonds is 8. The Kier molecular flexibility index (Phi) is 11.0. The van der Waals surface area contributed by atoms with Gasteiger partial charge in [0.05, 0.1) is 22.3 Å². The van der Waals surface area contributed by atoms with Crippen LogP contribution < -0.4 is 16.3 Å². The number of benzene rings is 2. The Morgan fingerprint density at radius 3 is 2.30 bits per heavy atom. The Morgan fingerprint density at radius 1 is 0.980 bits per heavy atom. The van der Waals surface area contributed by atoms with E-state index in [0.717, 1.165) is 37.6 Å². The second kappa shape index (κ2) is 15.4. The molecule has 3 aromatic rings. The van der Waals surface area contributed by atoms with Gasteiger partial charge in [0.1, 0.15) is 0 Å². The van der Waals surface area contributed by atoms with Gasteiger partial charge in [0.2, 0.25) is 0 Å². The van der Waals surface area contributed by atoms with E-state index in [1.54, 1.807) is 4.90 Å². The molecule has 1 atom stereocenters. The maximum Gasteiger partial charge on any atom is 0.418 e. The summed E-state index contributed by atoms with van der Waals surface area (Å²) >= 11 is 6.27. The SMILES string of the molecule is CNc1c(Cl)cc(C[C@@H](OC(=O)N2CCC(n3nc(-c4ccccc4)[nH]c3=O)CC2)C(=O)N2CCN(C3CCNCC3)CC2)cc1C(F)(F)F. The fraction of sp³-hybridized carbons (Fsp3) is 0.529. The third kappa shape index (κ3) is 8.10. The third-order valence-electron chi connectivity index (χ3n) is 9.85. The predicted octanol–water partition coefficient (Wildman–Crippen LogP) is 4.23. The van der Waals surface area contributed by atoms with E-state index in [4.69, 9.17) is 16.3 Å². The summed E-state index contributed by atoms with van der Waals surface area (Å²) in [7, 11) is 1.35. The lowest BCUT2D eigenvalue weighted by Gasteiger charge is -2.41. The molecular weight excluding hydrogens is 677 g/mol. The highest BCUT2D eigenvalue weighted by Gasteiger charge is 2.38. The number of aromatic nitrogens is 3. The van der Waals surface area contributed by atoms with Crippen LogP contribution in [-0.2, 0) is 22.1 Å². The lowest BCUT2D eigenvalue weighted by Crippen LogP contribution is -2.56. The van der Waals surface area contributed by atoms with Gasteiger partial charge in [-0.3, -0.25) is 14.7 Å². The summed E-state index contributed by atoms with van der Waals surface area (Å²) in [6.07, 6.45) is -4.22. The van der Waals surface area contributed by atoms with Gasteiger partial charge < -0.3 is 25.2 Å². The topological polar surface area (TPSA) is 128 Å². The predicted molar refractivity (Wildman–Crippen MR) is 182 cm³/mol. The molecule has 0 saturated carbocycles. The molecule has 1 aromatic heterocycles. The largest absolute Gasteiger partial charge is 0.436 e. The molecule has 0 radical (unpaired) electrons. The van der Waals surface area contributed by atoms with E-state index in [2.05, 4.69) is 25.6 Å². The number of halogens is 4. The van der Waals surface area contributed by atoms with Crippen molar-refractivity contribution in [2.45, 2.75) is 56.5 Å². The van der Waals surface area contributed by atoms with Gasteiger partial charge in [0, 0.05) is 64.3 Å². The van der Waals surface area contributed by atoms with Crippen LogP contribution >= 0.6 is 11.6 Å². The van der Waals surface area contributed by atoms with Crippen LogP contribution in [0.2, 0.25) is 5.02 Å². The molecule has 0 aliphatic carbocycles. The zero-order valence-corrected chi connectivity index (χ0v) is 28.6. The van der Waals surface area contributed by atoms with Gasteiger partial charge in [-0.25, -0.2) is 14.3 Å². The van der Waals surface area contributed by atoms with Crippen LogP contribution in [0.25, 0.3) is 11.4 Å². The molecule has 16 heteroatoms. The van der Waals surface area contributed by atoms with Crippen molar-refractivity contribution in [3.63, 3.8) is 0 Å². The quantitative estimate of drug-likeness (QED) is 0.316. The molecule has 3 fully saturated rings. The van der Waals surface area contributed by atoms with Crippen molar-refractivity contribution in [1.82, 2.24) is 34.8 Å². The average Bonchev–Trinajstić information content (AvgIpc) is 3.52. The van der Waals surface area contributed by atoms with Gasteiger partial charge in [0.15, 0.2) is 11.9 Å². The summed E-state index contributed by atoms with van der Waals surface area (Å²) in [5.41, 5.74) is -0.700. The second-order valence-corrected chi connectivity index (χ2v) is 13.4. The number of aromatic amines is 1. The van der Waals surface area contributed by atoms with Gasteiger partial charge in [-0.15, -0.1) is 5.10 Å². The van der Waals surface area contributed by atoms with E-state index in [9.17, 15) is 27.6 Å². The Morgan fingerprint density at radius 2 is 1.66 bits per heavy atom. The van der Waals surface area contributed by atoms with E-state index in [1.165, 1.54) is 22.7 Å². The minimum atomic E-state index is -4.71. The average molecular weight is 719 g/mol. The molecular formula is C34H42ClF3N8O4. The fourth-order valence-electron chi connectivity index (χ4n) is 7.13. The number of anilines is 1. The van der Waals surface area contributed by atoms with E-state index in [0.29, 0.717) is 50.9 Å². The number of nitrogens with one attached hydrogen (secondary N) is 3. The van der Waals surface area contributed by atoms with Crippen LogP contribution in [0.4, 0.5) is 23.7 Å². The summed E-state index contributed by atoms with van der Waals surface area (Å²) in [5, 5.41) is 10.2. The number of hydrogen-bond donors (Lipinski definition) is 3. The Hall–Kier alpha value is -4.08. The minimum absolute atomic E-state index is 0.117. The number of ether oxygens (including phenoxy) is 1. The number of H-pyrrole nitrogens is 1. The fourth-order valence-corrected chi connectivity index (χ4v) is 7.47. The Balaban J connectivity index is 1.15. The van der Waals surface area contributed by atoms with Gasteiger partial charge >= 0.3 is 18.0 Å². The van der Waals surface area contributed by atoms with Crippen molar-refractivity contribution in [2.75, 3.05) is 64.7 Å². The molecule has 2 aromatic carbocycles. The van der Waals surface area contributed by atoms with Crippen molar-refractivity contribution < 1.29 is 27.5 Å². The number of piperidine rings is 2. The molecule has 12 nitrogen and oxygen atoms in total. The molecule has 6 rings (SSSR count). The molecule has 0 spiro atoms. The van der Waals surface area contributed by atoms with Crippen LogP contribution in [0.1, 0.15) is 42.9 Å². The molecule has 4 heterocycles. The molecule has 3 saturated heterocycles. The lowest BCUT2D eigenvalue weighted by atomic mass is 10.0. The van der Waals surface area contributed by atoms with Crippen molar-refractivity contribution in [3.05, 3.63) is 69.1 Å². The van der Waals surface area contributed by atoms with Crippen LogP contribution in [0.3, 0.4) is 0 Å². The highest BCUT2D eigenvalue weighted by atomic mass is 35.5. The zero-order chi connectivity index (χ0) is 35.4. The van der Waals surface area contributed by atoms with Crippen LogP contribution in [0.5, 0.6) is 0 Å². The van der Waals surface area contributed by atoms with Crippen molar-refractivity contribution in [3.8, 4) is 11.4 Å². The number of nitrogens with zero attached hydrogens (tertiary/aromatic N) is 5. The van der Waals surface area contributed by atoms with Gasteiger partial charge in [-0.2, -0.15) is 13.2 Å². The first-order chi connectivity index (χ1) is 24.0. The zero-order valence-electron chi connectivity index (χ0n) is 27.8. The number of carbonyl (C=O) groups is 2. The monoisotopic (exact) mass is 718 g/mol. The third-order valence-corrected chi connectivity index (χ3v) is 10.2. The number of carbonyl (C=O) groups excluding carboxylic acids is 2. The smallest absolute Gasteiger partial charge is 0.418 e. The first-order valence-corrected chi connectivity index (χ1v) is 17.4.